The molecule has 4 nitrogen and oxygen atoms in total. The molecule has 0 aromatic rings. The van der Waals surface area contributed by atoms with E-state index in [0.29, 0.717) is 5.92 Å². The minimum Gasteiger partial charge on any atom is -0.480 e. The molecule has 0 saturated heterocycles. The van der Waals surface area contributed by atoms with Gasteiger partial charge in [0.2, 0.25) is 5.91 Å². The van der Waals surface area contributed by atoms with Gasteiger partial charge in [-0.2, -0.15) is 0 Å². The molecule has 2 aliphatic rings. The van der Waals surface area contributed by atoms with Crippen LogP contribution in [-0.4, -0.2) is 27.9 Å². The number of halogens is 1. The summed E-state index contributed by atoms with van der Waals surface area (Å²) in [7, 11) is 0. The molecule has 0 heterocycles. The lowest BCUT2D eigenvalue weighted by atomic mass is 9.83. The number of aliphatic carboxylic acids is 1. The molecule has 2 bridgehead atoms. The number of alkyl halides is 1. The van der Waals surface area contributed by atoms with Crippen LogP contribution in [0.2, 0.25) is 0 Å². The van der Waals surface area contributed by atoms with Crippen molar-refractivity contribution >= 4 is 27.8 Å². The van der Waals surface area contributed by atoms with Crippen LogP contribution in [0.25, 0.3) is 0 Å². The first-order chi connectivity index (χ1) is 7.45. The van der Waals surface area contributed by atoms with Gasteiger partial charge in [-0.25, -0.2) is 0 Å². The first kappa shape index (κ1) is 11.9. The predicted octanol–water partition coefficient (Wildman–Crippen LogP) is 1.53. The fourth-order valence-corrected chi connectivity index (χ4v) is 4.09. The summed E-state index contributed by atoms with van der Waals surface area (Å²) < 4.78 is 0. The number of fused-ring (bicyclic) bond motifs is 2. The van der Waals surface area contributed by atoms with E-state index in [4.69, 9.17) is 5.11 Å². The van der Waals surface area contributed by atoms with Crippen LogP contribution >= 0.6 is 15.9 Å². The minimum absolute atomic E-state index is 0.0933. The fourth-order valence-electron chi connectivity index (χ4n) is 2.94. The maximum atomic E-state index is 12.1. The smallest absolute Gasteiger partial charge is 0.325 e. The Morgan fingerprint density at radius 3 is 2.69 bits per heavy atom. The Bertz CT molecular complexity index is 333. The maximum Gasteiger partial charge on any atom is 0.325 e. The Kier molecular flexibility index (Phi) is 2.99. The van der Waals surface area contributed by atoms with Crippen LogP contribution in [0.4, 0.5) is 0 Å². The van der Waals surface area contributed by atoms with E-state index in [1.807, 2.05) is 0 Å². The Morgan fingerprint density at radius 1 is 1.56 bits per heavy atom. The molecule has 2 aliphatic carbocycles. The third-order valence-electron chi connectivity index (χ3n) is 3.96. The van der Waals surface area contributed by atoms with Gasteiger partial charge in [0, 0.05) is 4.83 Å². The van der Waals surface area contributed by atoms with E-state index < -0.39 is 12.0 Å². The molecule has 0 spiro atoms. The summed E-state index contributed by atoms with van der Waals surface area (Å²) in [5.41, 5.74) is -0.353. The average molecular weight is 290 g/mol. The van der Waals surface area contributed by atoms with Crippen molar-refractivity contribution < 1.29 is 14.7 Å². The molecule has 0 aromatic heterocycles. The number of hydrogen-bond donors (Lipinski definition) is 2. The van der Waals surface area contributed by atoms with Crippen molar-refractivity contribution in [3.05, 3.63) is 0 Å². The number of nitrogens with one attached hydrogen (secondary N) is 1. The molecule has 5 heteroatoms. The van der Waals surface area contributed by atoms with E-state index in [0.717, 1.165) is 25.7 Å². The molecular formula is C11H16BrNO3. The van der Waals surface area contributed by atoms with Gasteiger partial charge in [0.05, 0.1) is 5.41 Å². The lowest BCUT2D eigenvalue weighted by molar-refractivity contribution is -0.143. The van der Waals surface area contributed by atoms with E-state index in [2.05, 4.69) is 21.2 Å². The van der Waals surface area contributed by atoms with Gasteiger partial charge in [-0.1, -0.05) is 15.9 Å². The zero-order valence-electron chi connectivity index (χ0n) is 9.20. The number of carboxylic acid groups (broad SMARTS) is 1. The molecule has 1 amide bonds. The first-order valence-electron chi connectivity index (χ1n) is 5.63. The number of carbonyl (C=O) groups excluding carboxylic acids is 1. The highest BCUT2D eigenvalue weighted by molar-refractivity contribution is 9.09. The second-order valence-corrected chi connectivity index (χ2v) is 6.11. The Morgan fingerprint density at radius 2 is 2.25 bits per heavy atom. The van der Waals surface area contributed by atoms with Crippen molar-refractivity contribution in [3.63, 3.8) is 0 Å². The van der Waals surface area contributed by atoms with Gasteiger partial charge in [-0.3, -0.25) is 9.59 Å². The zero-order valence-corrected chi connectivity index (χ0v) is 10.8. The van der Waals surface area contributed by atoms with Crippen molar-refractivity contribution in [2.75, 3.05) is 0 Å². The average Bonchev–Trinajstić information content (AvgIpc) is 2.75. The normalized spacial score (nSPS) is 38.4. The largest absolute Gasteiger partial charge is 0.480 e. The van der Waals surface area contributed by atoms with Gasteiger partial charge in [0.15, 0.2) is 0 Å². The van der Waals surface area contributed by atoms with E-state index in [1.165, 1.54) is 6.92 Å². The summed E-state index contributed by atoms with van der Waals surface area (Å²) in [6.07, 6.45) is 3.92. The van der Waals surface area contributed by atoms with Crippen LogP contribution in [0.5, 0.6) is 0 Å². The maximum absolute atomic E-state index is 12.1. The summed E-state index contributed by atoms with van der Waals surface area (Å²) >= 11 is 3.57. The Labute approximate surface area is 103 Å². The molecule has 16 heavy (non-hydrogen) atoms. The molecule has 0 aliphatic heterocycles. The quantitative estimate of drug-likeness (QED) is 0.775. The Balaban J connectivity index is 2.07. The predicted molar refractivity (Wildman–Crippen MR) is 62.3 cm³/mol. The van der Waals surface area contributed by atoms with Crippen molar-refractivity contribution in [1.29, 1.82) is 0 Å². The van der Waals surface area contributed by atoms with E-state index in [1.54, 1.807) is 0 Å². The number of hydrogen-bond acceptors (Lipinski definition) is 2. The lowest BCUT2D eigenvalue weighted by Crippen LogP contribution is -2.48. The van der Waals surface area contributed by atoms with Crippen molar-refractivity contribution in [3.8, 4) is 0 Å². The summed E-state index contributed by atoms with van der Waals surface area (Å²) in [6.45, 7) is 1.50. The molecule has 4 unspecified atom stereocenters. The third-order valence-corrected chi connectivity index (χ3v) is 5.21. The second-order valence-electron chi connectivity index (χ2n) is 5.00. The van der Waals surface area contributed by atoms with Gasteiger partial charge >= 0.3 is 5.97 Å². The SMILES string of the molecule is CC(NC(=O)C12CCC(CC1Br)C2)C(=O)O. The van der Waals surface area contributed by atoms with Crippen molar-refractivity contribution in [1.82, 2.24) is 5.32 Å². The number of rotatable bonds is 3. The van der Waals surface area contributed by atoms with Gasteiger partial charge < -0.3 is 10.4 Å². The van der Waals surface area contributed by atoms with Crippen LogP contribution in [0.15, 0.2) is 0 Å². The topological polar surface area (TPSA) is 66.4 Å². The molecule has 90 valence electrons. The standard InChI is InChI=1S/C11H16BrNO3/c1-6(9(14)15)13-10(16)11-3-2-7(5-11)4-8(11)12/h6-8H,2-5H2,1H3,(H,13,16)(H,14,15). The van der Waals surface area contributed by atoms with Gasteiger partial charge in [-0.15, -0.1) is 0 Å². The van der Waals surface area contributed by atoms with E-state index in [9.17, 15) is 9.59 Å². The molecule has 2 saturated carbocycles. The Hall–Kier alpha value is -0.580. The van der Waals surface area contributed by atoms with Gasteiger partial charge in [0.1, 0.15) is 6.04 Å². The monoisotopic (exact) mass is 289 g/mol. The minimum atomic E-state index is -0.983. The first-order valence-corrected chi connectivity index (χ1v) is 6.55. The number of carbonyl (C=O) groups is 2. The van der Waals surface area contributed by atoms with Crippen LogP contribution < -0.4 is 5.32 Å². The fraction of sp³-hybridized carbons (Fsp3) is 0.818. The summed E-state index contributed by atoms with van der Waals surface area (Å²) in [6, 6.07) is -0.804. The second kappa shape index (κ2) is 4.02. The van der Waals surface area contributed by atoms with Gasteiger partial charge in [0.25, 0.3) is 0 Å². The highest BCUT2D eigenvalue weighted by atomic mass is 79.9. The van der Waals surface area contributed by atoms with Crippen LogP contribution in [0, 0.1) is 11.3 Å². The molecular weight excluding hydrogens is 274 g/mol. The highest BCUT2D eigenvalue weighted by Gasteiger charge is 2.55. The van der Waals surface area contributed by atoms with Crippen molar-refractivity contribution in [2.45, 2.75) is 43.5 Å². The van der Waals surface area contributed by atoms with Crippen LogP contribution in [-0.2, 0) is 9.59 Å². The van der Waals surface area contributed by atoms with E-state index in [-0.39, 0.29) is 16.1 Å². The summed E-state index contributed by atoms with van der Waals surface area (Å²) in [5, 5.41) is 11.4. The molecule has 2 fully saturated rings. The summed E-state index contributed by atoms with van der Waals surface area (Å²) in [4.78, 5) is 23.1. The van der Waals surface area contributed by atoms with Crippen LogP contribution in [0.1, 0.15) is 32.6 Å². The van der Waals surface area contributed by atoms with E-state index >= 15 is 0 Å². The molecule has 4 atom stereocenters. The summed E-state index contributed by atoms with van der Waals surface area (Å²) in [5.74, 6) is -0.442. The molecule has 0 aromatic carbocycles. The lowest BCUT2D eigenvalue weighted by Gasteiger charge is -2.30. The molecule has 0 radical (unpaired) electrons. The highest BCUT2D eigenvalue weighted by Crippen LogP contribution is 2.57. The van der Waals surface area contributed by atoms with Crippen molar-refractivity contribution in [2.24, 2.45) is 11.3 Å². The zero-order chi connectivity index (χ0) is 11.9. The number of amides is 1. The molecule has 2 N–H and O–H groups in total. The third kappa shape index (κ3) is 1.75. The molecule has 2 rings (SSSR count). The van der Waals surface area contributed by atoms with Gasteiger partial charge in [-0.05, 0) is 38.5 Å². The number of carboxylic acids is 1. The van der Waals surface area contributed by atoms with Crippen LogP contribution in [0.3, 0.4) is 0 Å².